The fourth-order valence-corrected chi connectivity index (χ4v) is 5.90. The maximum atomic E-state index is 12.9. The van der Waals surface area contributed by atoms with Crippen molar-refractivity contribution >= 4 is 11.6 Å². The van der Waals surface area contributed by atoms with Gasteiger partial charge in [-0.25, -0.2) is 0 Å². The van der Waals surface area contributed by atoms with E-state index in [0.29, 0.717) is 12.8 Å². The first-order valence-electron chi connectivity index (χ1n) is 18.7. The number of hydrogen-bond donors (Lipinski definition) is 2. The van der Waals surface area contributed by atoms with Crippen LogP contribution < -0.4 is 5.73 Å². The first-order chi connectivity index (χ1) is 20.6. The number of hydrogen-bond acceptors (Lipinski definition) is 4. The Morgan fingerprint density at radius 2 is 0.905 bits per heavy atom. The first-order valence-corrected chi connectivity index (χ1v) is 18.7. The zero-order valence-corrected chi connectivity index (χ0v) is 28.4. The number of carbonyl (C=O) groups excluding carboxylic acids is 2. The lowest BCUT2D eigenvalue weighted by molar-refractivity contribution is -0.138. The van der Waals surface area contributed by atoms with Crippen LogP contribution in [0.3, 0.4) is 0 Å². The summed E-state index contributed by atoms with van der Waals surface area (Å²) in [6, 6.07) is 0. The molecule has 0 rings (SSSR count). The second kappa shape index (κ2) is 32.9. The Morgan fingerprint density at radius 1 is 0.548 bits per heavy atom. The molecule has 248 valence electrons. The van der Waals surface area contributed by atoms with Crippen LogP contribution in [-0.2, 0) is 9.59 Å². The van der Waals surface area contributed by atoms with Gasteiger partial charge in [0.1, 0.15) is 11.9 Å². The van der Waals surface area contributed by atoms with Crippen molar-refractivity contribution in [1.29, 1.82) is 0 Å². The van der Waals surface area contributed by atoms with E-state index in [1.54, 1.807) is 0 Å². The smallest absolute Gasteiger partial charge is 0.172 e. The molecule has 0 fully saturated rings. The number of ketones is 2. The maximum absolute atomic E-state index is 12.9. The molecular formula is C38H73NO3. The first kappa shape index (κ1) is 41.0. The minimum atomic E-state index is -1.21. The summed E-state index contributed by atoms with van der Waals surface area (Å²) in [5, 5.41) is 10.0. The second-order valence-electron chi connectivity index (χ2n) is 12.9. The van der Waals surface area contributed by atoms with Gasteiger partial charge in [-0.1, -0.05) is 167 Å². The Balaban J connectivity index is 3.92. The van der Waals surface area contributed by atoms with Crippen molar-refractivity contribution in [3.05, 3.63) is 12.2 Å². The second-order valence-corrected chi connectivity index (χ2v) is 12.9. The van der Waals surface area contributed by atoms with E-state index in [1.165, 1.54) is 135 Å². The SMILES string of the molecule is CCCCCCCC/C=C\CCCCCCCC(=O)C(CCCCCCCCCCCCCCCC)C(=O)C(O)CN. The number of carbonyl (C=O) groups is 2. The summed E-state index contributed by atoms with van der Waals surface area (Å²) in [5.74, 6) is -1.01. The molecule has 0 saturated carbocycles. The zero-order chi connectivity index (χ0) is 30.9. The highest BCUT2D eigenvalue weighted by Gasteiger charge is 2.29. The molecule has 0 aromatic heterocycles. The van der Waals surface area contributed by atoms with Crippen LogP contribution in [0, 0.1) is 5.92 Å². The van der Waals surface area contributed by atoms with Crippen molar-refractivity contribution in [3.8, 4) is 0 Å². The number of rotatable bonds is 34. The average molecular weight is 592 g/mol. The topological polar surface area (TPSA) is 80.4 Å². The number of nitrogens with two attached hydrogens (primary N) is 1. The van der Waals surface area contributed by atoms with Crippen molar-refractivity contribution in [3.63, 3.8) is 0 Å². The molecule has 42 heavy (non-hydrogen) atoms. The number of unbranched alkanes of at least 4 members (excludes halogenated alkanes) is 24. The van der Waals surface area contributed by atoms with E-state index >= 15 is 0 Å². The Hall–Kier alpha value is -1.00. The van der Waals surface area contributed by atoms with Gasteiger partial charge >= 0.3 is 0 Å². The third-order valence-corrected chi connectivity index (χ3v) is 8.82. The van der Waals surface area contributed by atoms with Crippen LogP contribution >= 0.6 is 0 Å². The molecular weight excluding hydrogens is 518 g/mol. The molecule has 0 bridgehead atoms. The minimum Gasteiger partial charge on any atom is -0.384 e. The van der Waals surface area contributed by atoms with Gasteiger partial charge < -0.3 is 10.8 Å². The molecule has 0 aliphatic rings. The third-order valence-electron chi connectivity index (χ3n) is 8.82. The molecule has 2 unspecified atom stereocenters. The number of aliphatic hydroxyl groups is 1. The molecule has 0 aliphatic heterocycles. The predicted octanol–water partition coefficient (Wildman–Crippen LogP) is 11.0. The van der Waals surface area contributed by atoms with Crippen LogP contribution in [0.1, 0.15) is 200 Å². The van der Waals surface area contributed by atoms with E-state index in [9.17, 15) is 14.7 Å². The Morgan fingerprint density at radius 3 is 1.31 bits per heavy atom. The highest BCUT2D eigenvalue weighted by Crippen LogP contribution is 2.20. The Bertz CT molecular complexity index is 617. The lowest BCUT2D eigenvalue weighted by Gasteiger charge is -2.17. The summed E-state index contributed by atoms with van der Waals surface area (Å²) >= 11 is 0. The molecule has 0 spiro atoms. The van der Waals surface area contributed by atoms with E-state index in [2.05, 4.69) is 26.0 Å². The summed E-state index contributed by atoms with van der Waals surface area (Å²) in [4.78, 5) is 25.6. The van der Waals surface area contributed by atoms with Crippen LogP contribution in [0.15, 0.2) is 12.2 Å². The predicted molar refractivity (Wildman–Crippen MR) is 183 cm³/mol. The van der Waals surface area contributed by atoms with E-state index in [4.69, 9.17) is 5.73 Å². The van der Waals surface area contributed by atoms with Gasteiger partial charge in [-0.2, -0.15) is 0 Å². The minimum absolute atomic E-state index is 0.0137. The summed E-state index contributed by atoms with van der Waals surface area (Å²) in [6.45, 7) is 4.43. The molecule has 0 aliphatic carbocycles. The molecule has 0 aromatic rings. The highest BCUT2D eigenvalue weighted by molar-refractivity contribution is 6.04. The zero-order valence-electron chi connectivity index (χ0n) is 28.4. The van der Waals surface area contributed by atoms with Gasteiger partial charge in [-0.3, -0.25) is 9.59 Å². The van der Waals surface area contributed by atoms with Crippen LogP contribution in [0.2, 0.25) is 0 Å². The van der Waals surface area contributed by atoms with Gasteiger partial charge in [0.05, 0.1) is 5.92 Å². The standard InChI is InChI=1S/C38H73NO3/c1-3-5-7-9-11-13-15-17-19-21-23-25-27-29-31-33-36(40)35(38(42)37(41)34-39)32-30-28-26-24-22-20-18-16-14-12-10-8-6-4-2/h17,19,35,37,41H,3-16,18,20-34,39H2,1-2H3/b19-17-. The Labute approximate surface area is 262 Å². The van der Waals surface area contributed by atoms with Crippen molar-refractivity contribution in [2.45, 2.75) is 206 Å². The van der Waals surface area contributed by atoms with Crippen molar-refractivity contribution in [2.24, 2.45) is 11.7 Å². The largest absolute Gasteiger partial charge is 0.384 e. The number of allylic oxidation sites excluding steroid dienone is 2. The molecule has 2 atom stereocenters. The summed E-state index contributed by atoms with van der Waals surface area (Å²) in [5.41, 5.74) is 5.54. The lowest BCUT2D eigenvalue weighted by Crippen LogP contribution is -2.37. The van der Waals surface area contributed by atoms with E-state index in [-0.39, 0.29) is 18.1 Å². The normalized spacial score (nSPS) is 13.1. The fourth-order valence-electron chi connectivity index (χ4n) is 5.90. The molecule has 4 heteroatoms. The Kier molecular flexibility index (Phi) is 32.1. The monoisotopic (exact) mass is 592 g/mol. The van der Waals surface area contributed by atoms with Crippen LogP contribution in [0.5, 0.6) is 0 Å². The third kappa shape index (κ3) is 26.6. The van der Waals surface area contributed by atoms with Gasteiger partial charge in [0.25, 0.3) is 0 Å². The van der Waals surface area contributed by atoms with E-state index in [0.717, 1.165) is 38.5 Å². The molecule has 0 heterocycles. The van der Waals surface area contributed by atoms with Crippen molar-refractivity contribution < 1.29 is 14.7 Å². The van der Waals surface area contributed by atoms with Gasteiger partial charge in [-0.15, -0.1) is 0 Å². The molecule has 4 nitrogen and oxygen atoms in total. The number of Topliss-reactive ketones (excluding diaryl/α,β-unsaturated/α-hetero) is 2. The average Bonchev–Trinajstić information content (AvgIpc) is 3.00. The van der Waals surface area contributed by atoms with Crippen LogP contribution in [-0.4, -0.2) is 29.3 Å². The highest BCUT2D eigenvalue weighted by atomic mass is 16.3. The molecule has 0 amide bonds. The maximum Gasteiger partial charge on any atom is 0.172 e. The van der Waals surface area contributed by atoms with Gasteiger partial charge in [0.15, 0.2) is 5.78 Å². The van der Waals surface area contributed by atoms with E-state index in [1.807, 2.05) is 0 Å². The molecule has 0 saturated heterocycles. The van der Waals surface area contributed by atoms with Gasteiger partial charge in [0, 0.05) is 13.0 Å². The quantitative estimate of drug-likeness (QED) is 0.0443. The van der Waals surface area contributed by atoms with Crippen molar-refractivity contribution in [2.75, 3.05) is 6.54 Å². The molecule has 0 radical (unpaired) electrons. The molecule has 0 aromatic carbocycles. The van der Waals surface area contributed by atoms with Crippen molar-refractivity contribution in [1.82, 2.24) is 0 Å². The van der Waals surface area contributed by atoms with Crippen LogP contribution in [0.4, 0.5) is 0 Å². The van der Waals surface area contributed by atoms with Gasteiger partial charge in [-0.05, 0) is 38.5 Å². The summed E-state index contributed by atoms with van der Waals surface area (Å²) < 4.78 is 0. The lowest BCUT2D eigenvalue weighted by atomic mass is 9.87. The summed E-state index contributed by atoms with van der Waals surface area (Å²) in [7, 11) is 0. The summed E-state index contributed by atoms with van der Waals surface area (Å²) in [6.07, 6.45) is 38.4. The number of aliphatic hydroxyl groups excluding tert-OH is 1. The fraction of sp³-hybridized carbons (Fsp3) is 0.895. The van der Waals surface area contributed by atoms with Gasteiger partial charge in [0.2, 0.25) is 0 Å². The molecule has 3 N–H and O–H groups in total. The van der Waals surface area contributed by atoms with Crippen LogP contribution in [0.25, 0.3) is 0 Å². The van der Waals surface area contributed by atoms with E-state index < -0.39 is 12.0 Å².